The molecule has 0 bridgehead atoms. The minimum Gasteiger partial charge on any atom is -0.487 e. The number of nitrogens with zero attached hydrogens (tertiary/aromatic N) is 3. The number of rotatable bonds is 6. The second kappa shape index (κ2) is 9.20. The maximum atomic E-state index is 13.3. The second-order valence-corrected chi connectivity index (χ2v) is 9.88. The first-order valence-electron chi connectivity index (χ1n) is 10.5. The number of thiophene rings is 1. The van der Waals surface area contributed by atoms with E-state index in [9.17, 15) is 9.59 Å². The van der Waals surface area contributed by atoms with E-state index in [1.807, 2.05) is 49.6 Å². The van der Waals surface area contributed by atoms with Crippen LogP contribution in [0.5, 0.6) is 5.75 Å². The van der Waals surface area contributed by atoms with Gasteiger partial charge in [-0.1, -0.05) is 36.4 Å². The van der Waals surface area contributed by atoms with Crippen LogP contribution in [0.1, 0.15) is 25.9 Å². The van der Waals surface area contributed by atoms with Gasteiger partial charge in [-0.05, 0) is 37.6 Å². The smallest absolute Gasteiger partial charge is 0.281 e. The molecule has 3 aromatic heterocycles. The van der Waals surface area contributed by atoms with Gasteiger partial charge in [-0.15, -0.1) is 22.7 Å². The van der Waals surface area contributed by atoms with Gasteiger partial charge in [0.25, 0.3) is 11.5 Å². The third kappa shape index (κ3) is 4.35. The summed E-state index contributed by atoms with van der Waals surface area (Å²) in [7, 11) is 0. The lowest BCUT2D eigenvalue weighted by Crippen LogP contribution is -2.33. The van der Waals surface area contributed by atoms with Crippen molar-refractivity contribution in [3.8, 4) is 16.9 Å². The molecule has 34 heavy (non-hydrogen) atoms. The number of amides is 1. The van der Waals surface area contributed by atoms with Crippen LogP contribution in [0.25, 0.3) is 21.3 Å². The predicted octanol–water partition coefficient (Wildman–Crippen LogP) is 5.16. The van der Waals surface area contributed by atoms with E-state index in [0.717, 1.165) is 31.4 Å². The fraction of sp³-hybridized carbons (Fsp3) is 0.120. The lowest BCUT2D eigenvalue weighted by Gasteiger charge is -2.10. The summed E-state index contributed by atoms with van der Waals surface area (Å²) < 4.78 is 6.91. The number of thiazole rings is 1. The third-order valence-electron chi connectivity index (χ3n) is 5.22. The van der Waals surface area contributed by atoms with Gasteiger partial charge in [-0.3, -0.25) is 15.0 Å². The van der Waals surface area contributed by atoms with Crippen LogP contribution in [0.2, 0.25) is 0 Å². The molecule has 1 N–H and O–H groups in total. The quantitative estimate of drug-likeness (QED) is 0.357. The highest BCUT2D eigenvalue weighted by molar-refractivity contribution is 7.19. The Balaban J connectivity index is 1.41. The molecule has 5 aromatic rings. The molecule has 7 nitrogen and oxygen atoms in total. The van der Waals surface area contributed by atoms with Crippen LogP contribution < -0.4 is 15.7 Å². The normalized spacial score (nSPS) is 11.0. The second-order valence-electron chi connectivity index (χ2n) is 7.61. The topological polar surface area (TPSA) is 86.1 Å². The van der Waals surface area contributed by atoms with Gasteiger partial charge in [0.05, 0.1) is 16.1 Å². The van der Waals surface area contributed by atoms with Crippen LogP contribution in [-0.2, 0) is 6.61 Å². The third-order valence-corrected chi connectivity index (χ3v) is 7.06. The van der Waals surface area contributed by atoms with Gasteiger partial charge in [-0.25, -0.2) is 14.6 Å². The number of carbonyl (C=O) groups is 1. The van der Waals surface area contributed by atoms with E-state index in [4.69, 9.17) is 4.74 Å². The summed E-state index contributed by atoms with van der Waals surface area (Å²) in [6, 6.07) is 16.5. The maximum absolute atomic E-state index is 13.3. The molecule has 0 saturated carbocycles. The summed E-state index contributed by atoms with van der Waals surface area (Å²) in [6.07, 6.45) is 1.35. The summed E-state index contributed by atoms with van der Waals surface area (Å²) in [6.45, 7) is 4.22. The molecule has 3 heterocycles. The van der Waals surface area contributed by atoms with E-state index in [1.165, 1.54) is 17.7 Å². The zero-order chi connectivity index (χ0) is 23.7. The molecule has 0 saturated heterocycles. The van der Waals surface area contributed by atoms with Crippen LogP contribution in [0.3, 0.4) is 0 Å². The van der Waals surface area contributed by atoms with Crippen molar-refractivity contribution in [2.45, 2.75) is 20.5 Å². The van der Waals surface area contributed by atoms with Crippen molar-refractivity contribution < 1.29 is 9.53 Å². The molecule has 9 heteroatoms. The molecule has 0 aliphatic heterocycles. The Morgan fingerprint density at radius 3 is 2.71 bits per heavy atom. The van der Waals surface area contributed by atoms with Crippen LogP contribution in [0, 0.1) is 13.8 Å². The number of fused-ring (bicyclic) bond motifs is 1. The summed E-state index contributed by atoms with van der Waals surface area (Å²) >= 11 is 3.02. The average molecular weight is 489 g/mol. The minimum atomic E-state index is -0.439. The highest BCUT2D eigenvalue weighted by Gasteiger charge is 2.18. The Bertz CT molecular complexity index is 1550. The van der Waals surface area contributed by atoms with Gasteiger partial charge in [0.2, 0.25) is 0 Å². The van der Waals surface area contributed by atoms with Crippen LogP contribution >= 0.6 is 22.7 Å². The fourth-order valence-electron chi connectivity index (χ4n) is 3.67. The summed E-state index contributed by atoms with van der Waals surface area (Å²) in [5, 5.41) is 3.41. The monoisotopic (exact) mass is 488 g/mol. The van der Waals surface area contributed by atoms with Gasteiger partial charge < -0.3 is 4.74 Å². The van der Waals surface area contributed by atoms with E-state index in [0.29, 0.717) is 28.1 Å². The highest BCUT2D eigenvalue weighted by Crippen LogP contribution is 2.35. The molecule has 0 aliphatic carbocycles. The van der Waals surface area contributed by atoms with Crippen molar-refractivity contribution in [3.05, 3.63) is 97.8 Å². The number of ether oxygens (including phenoxy) is 1. The molecular weight excluding hydrogens is 468 g/mol. The van der Waals surface area contributed by atoms with Crippen molar-refractivity contribution in [1.29, 1.82) is 0 Å². The van der Waals surface area contributed by atoms with Crippen molar-refractivity contribution >= 4 is 38.8 Å². The summed E-state index contributed by atoms with van der Waals surface area (Å²) in [5.74, 6) is 0.102. The van der Waals surface area contributed by atoms with E-state index in [-0.39, 0.29) is 5.56 Å². The lowest BCUT2D eigenvalue weighted by molar-refractivity contribution is 0.101. The van der Waals surface area contributed by atoms with E-state index < -0.39 is 5.91 Å². The molecule has 0 atom stereocenters. The number of benzene rings is 2. The molecular formula is C25H20N4O3S2. The molecule has 0 aliphatic rings. The first-order valence-corrected chi connectivity index (χ1v) is 12.2. The Labute approximate surface area is 203 Å². The summed E-state index contributed by atoms with van der Waals surface area (Å²) in [5.41, 5.74) is 5.31. The Hall–Kier alpha value is -3.82. The largest absolute Gasteiger partial charge is 0.487 e. The number of nitrogens with one attached hydrogen (secondary N) is 1. The number of carbonyl (C=O) groups excluding carboxylic acids is 1. The summed E-state index contributed by atoms with van der Waals surface area (Å²) in [4.78, 5) is 36.7. The first-order chi connectivity index (χ1) is 16.5. The molecule has 0 spiro atoms. The van der Waals surface area contributed by atoms with Gasteiger partial charge >= 0.3 is 0 Å². The number of aromatic nitrogens is 3. The SMILES string of the molecule is Cc1nc(COc2cccc(C(=O)Nn3cnc4sc(C)c(-c5ccccc5)c4c3=O)c2)cs1. The molecule has 0 unspecified atom stereocenters. The molecule has 2 aromatic carbocycles. The number of hydrogen-bond acceptors (Lipinski definition) is 7. The Kier molecular flexibility index (Phi) is 5.95. The Morgan fingerprint density at radius 2 is 1.94 bits per heavy atom. The van der Waals surface area contributed by atoms with Crippen LogP contribution in [-0.4, -0.2) is 20.6 Å². The Morgan fingerprint density at radius 1 is 1.12 bits per heavy atom. The van der Waals surface area contributed by atoms with Crippen molar-refractivity contribution in [1.82, 2.24) is 14.6 Å². The van der Waals surface area contributed by atoms with Gasteiger partial charge in [-0.2, -0.15) is 0 Å². The number of hydrogen-bond donors (Lipinski definition) is 1. The van der Waals surface area contributed by atoms with E-state index >= 15 is 0 Å². The van der Waals surface area contributed by atoms with E-state index in [2.05, 4.69) is 15.4 Å². The lowest BCUT2D eigenvalue weighted by atomic mass is 10.0. The highest BCUT2D eigenvalue weighted by atomic mass is 32.1. The van der Waals surface area contributed by atoms with Gasteiger partial charge in [0.1, 0.15) is 23.5 Å². The predicted molar refractivity (Wildman–Crippen MR) is 135 cm³/mol. The van der Waals surface area contributed by atoms with Crippen LogP contribution in [0.4, 0.5) is 0 Å². The van der Waals surface area contributed by atoms with Crippen molar-refractivity contribution in [2.75, 3.05) is 5.43 Å². The zero-order valence-corrected chi connectivity index (χ0v) is 20.1. The van der Waals surface area contributed by atoms with Gasteiger partial charge in [0, 0.05) is 21.4 Å². The molecule has 170 valence electrons. The number of aryl methyl sites for hydroxylation is 2. The molecule has 5 rings (SSSR count). The maximum Gasteiger partial charge on any atom is 0.281 e. The molecule has 1 amide bonds. The zero-order valence-electron chi connectivity index (χ0n) is 18.4. The van der Waals surface area contributed by atoms with E-state index in [1.54, 1.807) is 35.6 Å². The average Bonchev–Trinajstić information content (AvgIpc) is 3.42. The van der Waals surface area contributed by atoms with Crippen LogP contribution in [0.15, 0.2) is 71.1 Å². The first kappa shape index (κ1) is 22.0. The molecule has 0 fully saturated rings. The van der Waals surface area contributed by atoms with Crippen molar-refractivity contribution in [3.63, 3.8) is 0 Å². The van der Waals surface area contributed by atoms with Crippen molar-refractivity contribution in [2.24, 2.45) is 0 Å². The van der Waals surface area contributed by atoms with Gasteiger partial charge in [0.15, 0.2) is 0 Å². The minimum absolute atomic E-state index is 0.315. The molecule has 0 radical (unpaired) electrons. The standard InChI is InChI=1S/C25H20N4O3S2/c1-15-21(17-7-4-3-5-8-17)22-24(34-15)26-14-29(25(22)31)28-23(30)18-9-6-10-20(11-18)32-12-19-13-33-16(2)27-19/h3-11,13-14H,12H2,1-2H3,(H,28,30). The fourth-order valence-corrected chi connectivity index (χ4v) is 5.27.